The third kappa shape index (κ3) is 3.74. The van der Waals surface area contributed by atoms with Crippen molar-refractivity contribution in [2.24, 2.45) is 0 Å². The predicted octanol–water partition coefficient (Wildman–Crippen LogP) is 2.41. The highest BCUT2D eigenvalue weighted by Crippen LogP contribution is 2.28. The first-order chi connectivity index (χ1) is 9.18. The van der Waals surface area contributed by atoms with E-state index in [1.807, 2.05) is 0 Å². The molecule has 0 amide bonds. The third-order valence-electron chi connectivity index (χ3n) is 3.01. The summed E-state index contributed by atoms with van der Waals surface area (Å²) >= 11 is 5.68. The van der Waals surface area contributed by atoms with Crippen molar-refractivity contribution < 1.29 is 9.66 Å². The summed E-state index contributed by atoms with van der Waals surface area (Å²) in [4.78, 5) is 17.7. The Balaban J connectivity index is 1.85. The highest BCUT2D eigenvalue weighted by atomic mass is 35.5. The number of aromatic nitrogens is 2. The second-order valence-corrected chi connectivity index (χ2v) is 4.68. The number of nitro groups is 1. The zero-order chi connectivity index (χ0) is 13.7. The average Bonchev–Trinajstić information content (AvgIpc) is 2.87. The number of nitrogens with zero attached hydrogens (tertiary/aromatic N) is 3. The van der Waals surface area contributed by atoms with Gasteiger partial charge in [-0.05, 0) is 12.8 Å². The van der Waals surface area contributed by atoms with Crippen LogP contribution in [0.2, 0.25) is 5.15 Å². The van der Waals surface area contributed by atoms with Crippen molar-refractivity contribution in [3.63, 3.8) is 0 Å². The molecule has 7 nitrogen and oxygen atoms in total. The molecular formula is C11H15ClN4O3. The Hall–Kier alpha value is -1.47. The van der Waals surface area contributed by atoms with Crippen molar-refractivity contribution in [3.05, 3.63) is 21.6 Å². The number of halogens is 1. The lowest BCUT2D eigenvalue weighted by molar-refractivity contribution is -0.384. The zero-order valence-corrected chi connectivity index (χ0v) is 11.1. The maximum atomic E-state index is 10.9. The summed E-state index contributed by atoms with van der Waals surface area (Å²) in [7, 11) is 0. The summed E-state index contributed by atoms with van der Waals surface area (Å²) in [5.41, 5.74) is -0.301. The fourth-order valence-electron chi connectivity index (χ4n) is 2.10. The first-order valence-electron chi connectivity index (χ1n) is 6.19. The molecule has 1 N–H and O–H groups in total. The van der Waals surface area contributed by atoms with E-state index in [0.717, 1.165) is 12.8 Å². The van der Waals surface area contributed by atoms with Gasteiger partial charge in [0.25, 0.3) is 0 Å². The van der Waals surface area contributed by atoms with Crippen LogP contribution < -0.4 is 5.32 Å². The van der Waals surface area contributed by atoms with Crippen molar-refractivity contribution in [1.29, 1.82) is 0 Å². The van der Waals surface area contributed by atoms with Gasteiger partial charge in [-0.1, -0.05) is 24.4 Å². The van der Waals surface area contributed by atoms with Crippen LogP contribution in [0.5, 0.6) is 0 Å². The molecule has 0 aliphatic heterocycles. The van der Waals surface area contributed by atoms with E-state index in [-0.39, 0.29) is 16.7 Å². The minimum absolute atomic E-state index is 0.125. The highest BCUT2D eigenvalue weighted by Gasteiger charge is 2.21. The first kappa shape index (κ1) is 14.0. The Kier molecular flexibility index (Phi) is 4.86. The Morgan fingerprint density at radius 2 is 2.21 bits per heavy atom. The van der Waals surface area contributed by atoms with Crippen LogP contribution in [0.1, 0.15) is 25.7 Å². The molecule has 1 fully saturated rings. The molecule has 1 saturated carbocycles. The minimum Gasteiger partial charge on any atom is -0.376 e. The van der Waals surface area contributed by atoms with E-state index in [2.05, 4.69) is 15.3 Å². The highest BCUT2D eigenvalue weighted by molar-refractivity contribution is 6.31. The fourth-order valence-corrected chi connectivity index (χ4v) is 2.30. The van der Waals surface area contributed by atoms with Crippen LogP contribution in [-0.2, 0) is 4.74 Å². The molecule has 0 aromatic carbocycles. The summed E-state index contributed by atoms with van der Waals surface area (Å²) in [5, 5.41) is 13.5. The molecule has 0 spiro atoms. The number of ether oxygens (including phenoxy) is 1. The molecule has 0 bridgehead atoms. The van der Waals surface area contributed by atoms with E-state index in [0.29, 0.717) is 19.3 Å². The molecule has 0 saturated heterocycles. The van der Waals surface area contributed by atoms with Crippen molar-refractivity contribution in [3.8, 4) is 0 Å². The van der Waals surface area contributed by atoms with Crippen LogP contribution in [0.3, 0.4) is 0 Å². The van der Waals surface area contributed by atoms with Crippen molar-refractivity contribution in [2.75, 3.05) is 18.5 Å². The van der Waals surface area contributed by atoms with E-state index in [1.54, 1.807) is 0 Å². The van der Waals surface area contributed by atoms with Crippen molar-refractivity contribution in [2.45, 2.75) is 31.8 Å². The lowest BCUT2D eigenvalue weighted by atomic mass is 10.3. The van der Waals surface area contributed by atoms with Crippen LogP contribution in [0.25, 0.3) is 0 Å². The van der Waals surface area contributed by atoms with E-state index < -0.39 is 4.92 Å². The molecule has 1 aliphatic rings. The number of anilines is 1. The van der Waals surface area contributed by atoms with Crippen molar-refractivity contribution >= 4 is 23.1 Å². The first-order valence-corrected chi connectivity index (χ1v) is 6.56. The number of rotatable bonds is 6. The number of hydrogen-bond donors (Lipinski definition) is 1. The van der Waals surface area contributed by atoms with Gasteiger partial charge >= 0.3 is 5.69 Å². The van der Waals surface area contributed by atoms with Crippen LogP contribution in [0.4, 0.5) is 11.5 Å². The van der Waals surface area contributed by atoms with Gasteiger partial charge in [-0.3, -0.25) is 10.1 Å². The summed E-state index contributed by atoms with van der Waals surface area (Å²) in [6.45, 7) is 0.939. The topological polar surface area (TPSA) is 90.2 Å². The van der Waals surface area contributed by atoms with Gasteiger partial charge in [0.2, 0.25) is 11.0 Å². The van der Waals surface area contributed by atoms with Gasteiger partial charge in [0.15, 0.2) is 0 Å². The maximum Gasteiger partial charge on any atom is 0.348 e. The molecule has 0 atom stereocenters. The number of nitrogens with one attached hydrogen (secondary N) is 1. The van der Waals surface area contributed by atoms with Gasteiger partial charge in [0.05, 0.1) is 17.6 Å². The molecular weight excluding hydrogens is 272 g/mol. The SMILES string of the molecule is O=[N+]([O-])c1c(Cl)ncnc1NCCOC1CCCC1. The molecule has 19 heavy (non-hydrogen) atoms. The van der Waals surface area contributed by atoms with Gasteiger partial charge in [-0.15, -0.1) is 0 Å². The molecule has 2 rings (SSSR count). The van der Waals surface area contributed by atoms with E-state index >= 15 is 0 Å². The summed E-state index contributed by atoms with van der Waals surface area (Å²) in [5.74, 6) is 0.125. The van der Waals surface area contributed by atoms with Gasteiger partial charge < -0.3 is 10.1 Å². The molecule has 1 aliphatic carbocycles. The van der Waals surface area contributed by atoms with Crippen LogP contribution in [0, 0.1) is 10.1 Å². The Bertz CT molecular complexity index is 452. The smallest absolute Gasteiger partial charge is 0.348 e. The van der Waals surface area contributed by atoms with E-state index in [9.17, 15) is 10.1 Å². The molecule has 1 heterocycles. The molecule has 8 heteroatoms. The lowest BCUT2D eigenvalue weighted by Gasteiger charge is -2.11. The second-order valence-electron chi connectivity index (χ2n) is 4.32. The fraction of sp³-hybridized carbons (Fsp3) is 0.636. The molecule has 104 valence electrons. The third-order valence-corrected chi connectivity index (χ3v) is 3.29. The Labute approximate surface area is 115 Å². The van der Waals surface area contributed by atoms with Crippen LogP contribution in [0.15, 0.2) is 6.33 Å². The van der Waals surface area contributed by atoms with E-state index in [1.165, 1.54) is 19.2 Å². The second kappa shape index (κ2) is 6.63. The van der Waals surface area contributed by atoms with E-state index in [4.69, 9.17) is 16.3 Å². The largest absolute Gasteiger partial charge is 0.376 e. The van der Waals surface area contributed by atoms with Gasteiger partial charge in [0, 0.05) is 6.54 Å². The normalized spacial score (nSPS) is 15.6. The molecule has 0 radical (unpaired) electrons. The molecule has 1 aromatic rings. The van der Waals surface area contributed by atoms with Crippen molar-refractivity contribution in [1.82, 2.24) is 9.97 Å². The predicted molar refractivity (Wildman–Crippen MR) is 70.4 cm³/mol. The van der Waals surface area contributed by atoms with Gasteiger partial charge in [-0.25, -0.2) is 9.97 Å². The lowest BCUT2D eigenvalue weighted by Crippen LogP contribution is -2.16. The van der Waals surface area contributed by atoms with Gasteiger partial charge in [0.1, 0.15) is 6.33 Å². The van der Waals surface area contributed by atoms with Crippen LogP contribution in [-0.4, -0.2) is 34.1 Å². The zero-order valence-electron chi connectivity index (χ0n) is 10.3. The molecule has 0 unspecified atom stereocenters. The van der Waals surface area contributed by atoms with Crippen LogP contribution >= 0.6 is 11.6 Å². The maximum absolute atomic E-state index is 10.9. The Morgan fingerprint density at radius 3 is 2.89 bits per heavy atom. The van der Waals surface area contributed by atoms with Gasteiger partial charge in [-0.2, -0.15) is 0 Å². The minimum atomic E-state index is -0.595. The molecule has 1 aromatic heterocycles. The number of hydrogen-bond acceptors (Lipinski definition) is 6. The monoisotopic (exact) mass is 286 g/mol. The summed E-state index contributed by atoms with van der Waals surface area (Å²) in [6.07, 6.45) is 6.13. The Morgan fingerprint density at radius 1 is 1.47 bits per heavy atom. The summed E-state index contributed by atoms with van der Waals surface area (Å²) in [6, 6.07) is 0. The average molecular weight is 287 g/mol. The summed E-state index contributed by atoms with van der Waals surface area (Å²) < 4.78 is 5.65. The standard InChI is InChI=1S/C11H15ClN4O3/c12-10-9(16(17)18)11(15-7-14-10)13-5-6-19-8-3-1-2-4-8/h7-8H,1-6H2,(H,13,14,15). The quantitative estimate of drug-likeness (QED) is 0.374.